The van der Waals surface area contributed by atoms with E-state index >= 15 is 0 Å². The smallest absolute Gasteiger partial charge is 0.123 e. The summed E-state index contributed by atoms with van der Waals surface area (Å²) in [5.74, 6) is 2.44. The van der Waals surface area contributed by atoms with Crippen LogP contribution < -0.4 is 10.1 Å². The first-order chi connectivity index (χ1) is 9.02. The summed E-state index contributed by atoms with van der Waals surface area (Å²) in [5, 5.41) is 3.69. The number of hydrogen-bond donors (Lipinski definition) is 1. The molecule has 1 aromatic rings. The monoisotopic (exact) mass is 263 g/mol. The molecule has 0 saturated heterocycles. The molecule has 0 saturated carbocycles. The molecule has 0 amide bonds. The highest BCUT2D eigenvalue weighted by Gasteiger charge is 2.13. The van der Waals surface area contributed by atoms with Crippen LogP contribution in [-0.2, 0) is 6.54 Å². The lowest BCUT2D eigenvalue weighted by atomic mass is 9.95. The largest absolute Gasteiger partial charge is 0.496 e. The van der Waals surface area contributed by atoms with Gasteiger partial charge >= 0.3 is 0 Å². The summed E-state index contributed by atoms with van der Waals surface area (Å²) in [6, 6.07) is 8.83. The van der Waals surface area contributed by atoms with Crippen molar-refractivity contribution in [2.45, 2.75) is 53.1 Å². The Morgan fingerprint density at radius 2 is 1.58 bits per heavy atom. The van der Waals surface area contributed by atoms with E-state index in [4.69, 9.17) is 4.74 Å². The molecule has 0 fully saturated rings. The maximum Gasteiger partial charge on any atom is 0.123 e. The maximum absolute atomic E-state index is 5.40. The van der Waals surface area contributed by atoms with Gasteiger partial charge in [-0.15, -0.1) is 0 Å². The Labute approximate surface area is 118 Å². The van der Waals surface area contributed by atoms with Gasteiger partial charge in [-0.3, -0.25) is 0 Å². The van der Waals surface area contributed by atoms with Crippen molar-refractivity contribution in [2.24, 2.45) is 11.8 Å². The first-order valence-electron chi connectivity index (χ1n) is 7.38. The fourth-order valence-electron chi connectivity index (χ4n) is 2.50. The normalized spacial score (nSPS) is 11.6. The molecule has 0 unspecified atom stereocenters. The van der Waals surface area contributed by atoms with Crippen LogP contribution in [0.15, 0.2) is 24.3 Å². The van der Waals surface area contributed by atoms with Crippen LogP contribution in [0.1, 0.15) is 46.1 Å². The Morgan fingerprint density at radius 1 is 1.00 bits per heavy atom. The number of rotatable bonds is 8. The number of ether oxygens (including phenoxy) is 1. The van der Waals surface area contributed by atoms with Crippen LogP contribution in [-0.4, -0.2) is 13.2 Å². The third kappa shape index (κ3) is 6.11. The number of hydrogen-bond acceptors (Lipinski definition) is 2. The second kappa shape index (κ2) is 8.21. The van der Waals surface area contributed by atoms with E-state index in [1.807, 2.05) is 12.1 Å². The molecule has 0 aromatic heterocycles. The third-order valence-electron chi connectivity index (χ3n) is 3.29. The van der Waals surface area contributed by atoms with Gasteiger partial charge in [-0.2, -0.15) is 0 Å². The van der Waals surface area contributed by atoms with Gasteiger partial charge in [0.1, 0.15) is 5.75 Å². The van der Waals surface area contributed by atoms with Crippen molar-refractivity contribution in [1.29, 1.82) is 0 Å². The number of para-hydroxylation sites is 1. The zero-order valence-corrected chi connectivity index (χ0v) is 13.1. The number of methoxy groups -OCH3 is 1. The molecule has 0 radical (unpaired) electrons. The lowest BCUT2D eigenvalue weighted by Crippen LogP contribution is -2.31. The average molecular weight is 263 g/mol. The van der Waals surface area contributed by atoms with Gasteiger partial charge < -0.3 is 10.1 Å². The predicted octanol–water partition coefficient (Wildman–Crippen LogP) is 4.25. The van der Waals surface area contributed by atoms with Gasteiger partial charge in [-0.25, -0.2) is 0 Å². The molecule has 0 spiro atoms. The van der Waals surface area contributed by atoms with Crippen molar-refractivity contribution >= 4 is 0 Å². The molecule has 1 N–H and O–H groups in total. The summed E-state index contributed by atoms with van der Waals surface area (Å²) in [7, 11) is 1.73. The van der Waals surface area contributed by atoms with Crippen molar-refractivity contribution in [1.82, 2.24) is 5.32 Å². The third-order valence-corrected chi connectivity index (χ3v) is 3.29. The second-order valence-corrected chi connectivity index (χ2v) is 6.15. The molecule has 0 atom stereocenters. The Hall–Kier alpha value is -1.02. The summed E-state index contributed by atoms with van der Waals surface area (Å²) < 4.78 is 5.40. The molecule has 0 heterocycles. The summed E-state index contributed by atoms with van der Waals surface area (Å²) in [5.41, 5.74) is 1.24. The fraction of sp³-hybridized carbons (Fsp3) is 0.647. The van der Waals surface area contributed by atoms with Gasteiger partial charge in [0.05, 0.1) is 7.11 Å². The second-order valence-electron chi connectivity index (χ2n) is 6.15. The average Bonchev–Trinajstić information content (AvgIpc) is 2.35. The van der Waals surface area contributed by atoms with E-state index in [1.54, 1.807) is 7.11 Å². The molecule has 19 heavy (non-hydrogen) atoms. The van der Waals surface area contributed by atoms with E-state index in [0.29, 0.717) is 6.04 Å². The van der Waals surface area contributed by atoms with Crippen molar-refractivity contribution in [3.63, 3.8) is 0 Å². The summed E-state index contributed by atoms with van der Waals surface area (Å²) >= 11 is 0. The minimum Gasteiger partial charge on any atom is -0.496 e. The number of benzene rings is 1. The molecule has 0 aliphatic rings. The Bertz CT molecular complexity index is 350. The first-order valence-corrected chi connectivity index (χ1v) is 7.38. The molecule has 0 aliphatic heterocycles. The molecular formula is C17H29NO. The minimum atomic E-state index is 0.588. The van der Waals surface area contributed by atoms with Gasteiger partial charge in [-0.1, -0.05) is 45.9 Å². The van der Waals surface area contributed by atoms with Gasteiger partial charge in [0.15, 0.2) is 0 Å². The number of nitrogens with one attached hydrogen (secondary N) is 1. The highest BCUT2D eigenvalue weighted by Crippen LogP contribution is 2.19. The van der Waals surface area contributed by atoms with Crippen LogP contribution in [0, 0.1) is 11.8 Å². The molecule has 108 valence electrons. The summed E-state index contributed by atoms with van der Waals surface area (Å²) in [4.78, 5) is 0. The fourth-order valence-corrected chi connectivity index (χ4v) is 2.50. The van der Waals surface area contributed by atoms with Crippen molar-refractivity contribution in [2.75, 3.05) is 7.11 Å². The van der Waals surface area contributed by atoms with E-state index in [-0.39, 0.29) is 0 Å². The maximum atomic E-state index is 5.40. The SMILES string of the molecule is COc1ccccc1CNC(CC(C)C)CC(C)C. The van der Waals surface area contributed by atoms with Crippen molar-refractivity contribution in [3.05, 3.63) is 29.8 Å². The van der Waals surface area contributed by atoms with E-state index < -0.39 is 0 Å². The van der Waals surface area contributed by atoms with E-state index in [9.17, 15) is 0 Å². The zero-order chi connectivity index (χ0) is 14.3. The zero-order valence-electron chi connectivity index (χ0n) is 13.1. The molecule has 1 rings (SSSR count). The Balaban J connectivity index is 2.59. The standard InChI is InChI=1S/C17H29NO/c1-13(2)10-16(11-14(3)4)18-12-15-8-6-7-9-17(15)19-5/h6-9,13-14,16,18H,10-12H2,1-5H3. The summed E-state index contributed by atoms with van der Waals surface area (Å²) in [6.07, 6.45) is 2.46. The molecular weight excluding hydrogens is 234 g/mol. The van der Waals surface area contributed by atoms with Crippen molar-refractivity contribution < 1.29 is 4.74 Å². The van der Waals surface area contributed by atoms with Crippen LogP contribution in [0.2, 0.25) is 0 Å². The van der Waals surface area contributed by atoms with Gasteiger partial charge in [0.25, 0.3) is 0 Å². The molecule has 2 heteroatoms. The van der Waals surface area contributed by atoms with E-state index in [1.165, 1.54) is 18.4 Å². The highest BCUT2D eigenvalue weighted by atomic mass is 16.5. The lowest BCUT2D eigenvalue weighted by molar-refractivity contribution is 0.353. The molecule has 1 aromatic carbocycles. The minimum absolute atomic E-state index is 0.588. The predicted molar refractivity (Wildman–Crippen MR) is 82.5 cm³/mol. The molecule has 0 aliphatic carbocycles. The molecule has 0 bridgehead atoms. The van der Waals surface area contributed by atoms with Gasteiger partial charge in [-0.05, 0) is 30.7 Å². The quantitative estimate of drug-likeness (QED) is 0.757. The van der Waals surface area contributed by atoms with Gasteiger partial charge in [0, 0.05) is 18.2 Å². The Kier molecular flexibility index (Phi) is 6.93. The van der Waals surface area contributed by atoms with Crippen LogP contribution in [0.3, 0.4) is 0 Å². The van der Waals surface area contributed by atoms with Crippen molar-refractivity contribution in [3.8, 4) is 5.75 Å². The van der Waals surface area contributed by atoms with E-state index in [2.05, 4.69) is 45.1 Å². The Morgan fingerprint density at radius 3 is 2.11 bits per heavy atom. The van der Waals surface area contributed by atoms with Crippen LogP contribution in [0.4, 0.5) is 0 Å². The summed E-state index contributed by atoms with van der Waals surface area (Å²) in [6.45, 7) is 10.0. The van der Waals surface area contributed by atoms with Crippen LogP contribution in [0.5, 0.6) is 5.75 Å². The van der Waals surface area contributed by atoms with Gasteiger partial charge in [0.2, 0.25) is 0 Å². The van der Waals surface area contributed by atoms with E-state index in [0.717, 1.165) is 24.1 Å². The first kappa shape index (κ1) is 16.0. The highest BCUT2D eigenvalue weighted by molar-refractivity contribution is 5.33. The lowest BCUT2D eigenvalue weighted by Gasteiger charge is -2.23. The van der Waals surface area contributed by atoms with Crippen LogP contribution >= 0.6 is 0 Å². The van der Waals surface area contributed by atoms with Crippen LogP contribution in [0.25, 0.3) is 0 Å². The topological polar surface area (TPSA) is 21.3 Å². The molecule has 2 nitrogen and oxygen atoms in total.